The Labute approximate surface area is 230 Å². The van der Waals surface area contributed by atoms with E-state index in [-0.39, 0.29) is 18.1 Å². The molecule has 0 saturated carbocycles. The van der Waals surface area contributed by atoms with Crippen LogP contribution in [-0.2, 0) is 16.0 Å². The summed E-state index contributed by atoms with van der Waals surface area (Å²) in [5.74, 6) is 0.125. The van der Waals surface area contributed by atoms with Gasteiger partial charge in [0.15, 0.2) is 5.75 Å². The molecule has 0 saturated heterocycles. The molecule has 0 fully saturated rings. The first-order valence-corrected chi connectivity index (χ1v) is 12.8. The van der Waals surface area contributed by atoms with Crippen LogP contribution < -0.4 is 4.74 Å². The number of benzene rings is 2. The summed E-state index contributed by atoms with van der Waals surface area (Å²) in [5, 5.41) is 19.4. The second-order valence-electron chi connectivity index (χ2n) is 5.61. The molecule has 1 amide bonds. The average Bonchev–Trinajstić information content (AvgIpc) is 2.59. The van der Waals surface area contributed by atoms with Crippen LogP contribution in [-0.4, -0.2) is 31.2 Å². The first kappa shape index (κ1) is 24.9. The Kier molecular flexibility index (Phi) is 9.59. The Morgan fingerprint density at radius 3 is 1.96 bits per heavy atom. The lowest BCUT2D eigenvalue weighted by atomic mass is 10.1. The number of nitrogens with zero attached hydrogens (tertiary/aromatic N) is 1. The Bertz CT molecular complexity index is 890. The van der Waals surface area contributed by atoms with Gasteiger partial charge < -0.3 is 14.9 Å². The minimum atomic E-state index is -1.05. The highest BCUT2D eigenvalue weighted by Gasteiger charge is 2.27. The van der Waals surface area contributed by atoms with Gasteiger partial charge >= 0.3 is 5.97 Å². The maximum atomic E-state index is 11.6. The van der Waals surface area contributed by atoms with E-state index in [4.69, 9.17) is 4.74 Å². The molecule has 0 heterocycles. The molecule has 0 aliphatic heterocycles. The van der Waals surface area contributed by atoms with Crippen molar-refractivity contribution in [1.82, 2.24) is 3.11 Å². The van der Waals surface area contributed by atoms with Gasteiger partial charge in [0, 0.05) is 13.3 Å². The molecule has 1 atom stereocenters. The lowest BCUT2D eigenvalue weighted by Gasteiger charge is -2.22. The van der Waals surface area contributed by atoms with Crippen molar-refractivity contribution >= 4 is 125 Å². The number of hydrogen-bond donors (Lipinski definition) is 2. The Balaban J connectivity index is 2.32. The summed E-state index contributed by atoms with van der Waals surface area (Å²) in [7, 11) is 0. The van der Waals surface area contributed by atoms with Gasteiger partial charge in [-0.1, -0.05) is 0 Å². The van der Waals surface area contributed by atoms with E-state index in [1.807, 2.05) is 57.3 Å². The third-order valence-corrected chi connectivity index (χ3v) is 8.16. The molecule has 150 valence electrons. The normalized spacial score (nSPS) is 11.8. The lowest BCUT2D eigenvalue weighted by molar-refractivity contribution is -0.144. The second-order valence-corrected chi connectivity index (χ2v) is 11.3. The molecule has 0 spiro atoms. The second kappa shape index (κ2) is 10.8. The molecule has 2 aromatic rings. The SMILES string of the molecule is CC(=O)N(I)[C@@H](Cc1cc(I)c(Oc2cc(I)c(O)c(I)c2)c(I)c1)C(=O)O. The number of aromatic hydroxyl groups is 1. The number of phenolic OH excluding ortho intramolecular Hbond substituents is 1. The van der Waals surface area contributed by atoms with Gasteiger partial charge in [0.05, 0.1) is 37.1 Å². The number of carboxylic acids is 1. The summed E-state index contributed by atoms with van der Waals surface area (Å²) in [6.45, 7) is 1.34. The number of carboxylic acid groups (broad SMARTS) is 1. The number of ether oxygens (including phenoxy) is 1. The van der Waals surface area contributed by atoms with Crippen LogP contribution in [0.15, 0.2) is 24.3 Å². The molecule has 2 rings (SSSR count). The molecule has 0 unspecified atom stereocenters. The van der Waals surface area contributed by atoms with Crippen molar-refractivity contribution < 1.29 is 24.5 Å². The van der Waals surface area contributed by atoms with Crippen molar-refractivity contribution in [1.29, 1.82) is 0 Å². The molecule has 0 aromatic heterocycles. The minimum absolute atomic E-state index is 0.194. The summed E-state index contributed by atoms with van der Waals surface area (Å²) in [4.78, 5) is 23.1. The van der Waals surface area contributed by atoms with Gasteiger partial charge in [-0.05, 0) is 120 Å². The van der Waals surface area contributed by atoms with Gasteiger partial charge in [0.25, 0.3) is 0 Å². The number of aliphatic carboxylic acids is 1. The summed E-state index contributed by atoms with van der Waals surface area (Å²) in [6, 6.07) is 6.26. The molecule has 11 heteroatoms. The number of amides is 1. The van der Waals surface area contributed by atoms with E-state index >= 15 is 0 Å². The van der Waals surface area contributed by atoms with E-state index in [9.17, 15) is 19.8 Å². The van der Waals surface area contributed by atoms with Gasteiger partial charge in [-0.2, -0.15) is 0 Å². The van der Waals surface area contributed by atoms with Crippen LogP contribution in [0.3, 0.4) is 0 Å². The Hall–Kier alpha value is 0.630. The number of phenols is 1. The monoisotopic (exact) mass is 945 g/mol. The van der Waals surface area contributed by atoms with E-state index in [1.165, 1.54) is 10.0 Å². The van der Waals surface area contributed by atoms with E-state index in [0.29, 0.717) is 18.6 Å². The molecule has 2 N–H and O–H groups in total. The molecule has 0 aliphatic rings. The number of hydrogen-bond acceptors (Lipinski definition) is 4. The lowest BCUT2D eigenvalue weighted by Crippen LogP contribution is -2.39. The number of carbonyl (C=O) groups excluding carboxylic acids is 1. The molecule has 6 nitrogen and oxygen atoms in total. The topological polar surface area (TPSA) is 87.1 Å². The van der Waals surface area contributed by atoms with E-state index in [0.717, 1.165) is 12.7 Å². The first-order valence-electron chi connectivity index (χ1n) is 7.53. The fourth-order valence-corrected chi connectivity index (χ4v) is 6.52. The summed E-state index contributed by atoms with van der Waals surface area (Å²) >= 11 is 10.1. The predicted octanol–water partition coefficient (Wildman–Crippen LogP) is 5.80. The van der Waals surface area contributed by atoms with Crippen LogP contribution in [0.2, 0.25) is 0 Å². The maximum absolute atomic E-state index is 11.6. The highest BCUT2D eigenvalue weighted by Crippen LogP contribution is 2.37. The summed E-state index contributed by atoms with van der Waals surface area (Å²) < 4.78 is 10.3. The molecule has 0 radical (unpaired) electrons. The smallest absolute Gasteiger partial charge is 0.327 e. The maximum Gasteiger partial charge on any atom is 0.327 e. The van der Waals surface area contributed by atoms with E-state index < -0.39 is 12.0 Å². The van der Waals surface area contributed by atoms with Crippen LogP contribution in [0.1, 0.15) is 12.5 Å². The van der Waals surface area contributed by atoms with Gasteiger partial charge in [-0.3, -0.25) is 7.91 Å². The zero-order valence-electron chi connectivity index (χ0n) is 14.1. The Morgan fingerprint density at radius 2 is 1.54 bits per heavy atom. The van der Waals surface area contributed by atoms with Gasteiger partial charge in [-0.25, -0.2) is 4.79 Å². The van der Waals surface area contributed by atoms with Crippen molar-refractivity contribution in [2.24, 2.45) is 0 Å². The first-order chi connectivity index (χ1) is 13.0. The largest absolute Gasteiger partial charge is 0.506 e. The highest BCUT2D eigenvalue weighted by atomic mass is 127. The predicted molar refractivity (Wildman–Crippen MR) is 147 cm³/mol. The third-order valence-electron chi connectivity index (χ3n) is 3.56. The van der Waals surface area contributed by atoms with Crippen molar-refractivity contribution in [3.63, 3.8) is 0 Å². The van der Waals surface area contributed by atoms with Gasteiger partial charge in [0.2, 0.25) is 5.91 Å². The molecular weight excluding hydrogens is 933 g/mol. The zero-order chi connectivity index (χ0) is 21.2. The van der Waals surface area contributed by atoms with Crippen LogP contribution in [0, 0.1) is 14.3 Å². The van der Waals surface area contributed by atoms with E-state index in [1.54, 1.807) is 35.0 Å². The Morgan fingerprint density at radius 1 is 1.04 bits per heavy atom. The number of halogens is 5. The molecule has 28 heavy (non-hydrogen) atoms. The number of carbonyl (C=O) groups is 2. The fourth-order valence-electron chi connectivity index (χ4n) is 2.25. The van der Waals surface area contributed by atoms with Crippen molar-refractivity contribution in [3.05, 3.63) is 44.1 Å². The third kappa shape index (κ3) is 6.32. The minimum Gasteiger partial charge on any atom is -0.506 e. The van der Waals surface area contributed by atoms with Crippen LogP contribution in [0.4, 0.5) is 0 Å². The average molecular weight is 945 g/mol. The number of rotatable bonds is 6. The molecule has 0 aliphatic carbocycles. The molecular formula is C17H12I5NO5. The molecule has 0 bridgehead atoms. The van der Waals surface area contributed by atoms with Crippen LogP contribution in [0.25, 0.3) is 0 Å². The quantitative estimate of drug-likeness (QED) is 0.283. The fraction of sp³-hybridized carbons (Fsp3) is 0.176. The summed E-state index contributed by atoms with van der Waals surface area (Å²) in [6.07, 6.45) is 0.194. The van der Waals surface area contributed by atoms with Crippen LogP contribution in [0.5, 0.6) is 17.2 Å². The van der Waals surface area contributed by atoms with Gasteiger partial charge in [-0.15, -0.1) is 0 Å². The summed E-state index contributed by atoms with van der Waals surface area (Å²) in [5.41, 5.74) is 0.798. The van der Waals surface area contributed by atoms with E-state index in [2.05, 4.69) is 45.2 Å². The van der Waals surface area contributed by atoms with Crippen LogP contribution >= 0.6 is 113 Å². The van der Waals surface area contributed by atoms with Crippen molar-refractivity contribution in [3.8, 4) is 17.2 Å². The highest BCUT2D eigenvalue weighted by molar-refractivity contribution is 14.1. The molecule has 2 aromatic carbocycles. The van der Waals surface area contributed by atoms with Crippen molar-refractivity contribution in [2.45, 2.75) is 19.4 Å². The standard InChI is InChI=1S/C17H12I5NO5/c1-7(24)23(22)14(17(26)27)4-8-2-12(20)16(13(21)3-8)28-9-5-10(18)15(25)11(19)6-9/h2-3,5-6,14,25H,4H2,1H3,(H,26,27)/t14-/m0/s1. The van der Waals surface area contributed by atoms with Crippen molar-refractivity contribution in [2.75, 3.05) is 0 Å². The van der Waals surface area contributed by atoms with Gasteiger partial charge in [0.1, 0.15) is 17.5 Å². The zero-order valence-corrected chi connectivity index (χ0v) is 24.8.